The summed E-state index contributed by atoms with van der Waals surface area (Å²) in [5, 5.41) is 2.82. The highest BCUT2D eigenvalue weighted by Gasteiger charge is 2.18. The fourth-order valence-electron chi connectivity index (χ4n) is 1.88. The molecule has 0 aromatic heterocycles. The molecule has 0 heterocycles. The molecule has 0 saturated heterocycles. The summed E-state index contributed by atoms with van der Waals surface area (Å²) in [4.78, 5) is 12.2. The first-order chi connectivity index (χ1) is 10.2. The molecular weight excluding hydrogens is 300 g/mol. The lowest BCUT2D eigenvalue weighted by Gasteiger charge is -2.20. The van der Waals surface area contributed by atoms with Gasteiger partial charge in [-0.2, -0.15) is 0 Å². The van der Waals surface area contributed by atoms with Crippen LogP contribution in [-0.2, 0) is 10.0 Å². The van der Waals surface area contributed by atoms with Gasteiger partial charge in [0.2, 0.25) is 10.0 Å². The zero-order chi connectivity index (χ0) is 16.8. The van der Waals surface area contributed by atoms with Crippen molar-refractivity contribution in [2.75, 3.05) is 6.54 Å². The zero-order valence-electron chi connectivity index (χ0n) is 13.8. The first kappa shape index (κ1) is 18.6. The number of unbranched alkanes of at least 4 members (excludes halogenated alkanes) is 2. The van der Waals surface area contributed by atoms with Crippen molar-refractivity contribution < 1.29 is 13.2 Å². The SMILES string of the molecule is CCCCCNS(=O)(=O)c1cccc(C(=O)NC(C)(C)C)c1. The standard InChI is InChI=1S/C16H26N2O3S/c1-5-6-7-11-17-22(20,21)14-10-8-9-13(12-14)15(19)18-16(2,3)4/h8-10,12,17H,5-7,11H2,1-4H3,(H,18,19). The topological polar surface area (TPSA) is 75.3 Å². The first-order valence-electron chi connectivity index (χ1n) is 7.58. The molecule has 0 aliphatic rings. The fraction of sp³-hybridized carbons (Fsp3) is 0.562. The molecule has 1 rings (SSSR count). The van der Waals surface area contributed by atoms with Crippen LogP contribution in [0.4, 0.5) is 0 Å². The Morgan fingerprint density at radius 3 is 2.45 bits per heavy atom. The molecule has 1 aromatic rings. The third-order valence-electron chi connectivity index (χ3n) is 2.97. The van der Waals surface area contributed by atoms with E-state index in [0.717, 1.165) is 19.3 Å². The minimum Gasteiger partial charge on any atom is -0.347 e. The highest BCUT2D eigenvalue weighted by atomic mass is 32.2. The van der Waals surface area contributed by atoms with Crippen molar-refractivity contribution in [1.29, 1.82) is 0 Å². The maximum absolute atomic E-state index is 12.2. The summed E-state index contributed by atoms with van der Waals surface area (Å²) < 4.78 is 27.0. The van der Waals surface area contributed by atoms with Gasteiger partial charge in [-0.1, -0.05) is 25.8 Å². The average molecular weight is 326 g/mol. The van der Waals surface area contributed by atoms with Crippen LogP contribution in [0.5, 0.6) is 0 Å². The van der Waals surface area contributed by atoms with Crippen molar-refractivity contribution in [2.24, 2.45) is 0 Å². The second-order valence-electron chi connectivity index (χ2n) is 6.34. The van der Waals surface area contributed by atoms with Crippen molar-refractivity contribution in [1.82, 2.24) is 10.0 Å². The Hall–Kier alpha value is -1.40. The number of rotatable bonds is 7. The van der Waals surface area contributed by atoms with Crippen molar-refractivity contribution in [3.63, 3.8) is 0 Å². The first-order valence-corrected chi connectivity index (χ1v) is 9.06. The second kappa shape index (κ2) is 7.74. The number of sulfonamides is 1. The molecule has 0 atom stereocenters. The molecule has 0 fully saturated rings. The summed E-state index contributed by atoms with van der Waals surface area (Å²) in [7, 11) is -3.57. The van der Waals surface area contributed by atoms with Crippen molar-refractivity contribution in [2.45, 2.75) is 57.4 Å². The molecule has 1 aromatic carbocycles. The fourth-order valence-corrected chi connectivity index (χ4v) is 3.00. The number of carbonyl (C=O) groups excluding carboxylic acids is 1. The van der Waals surface area contributed by atoms with E-state index in [9.17, 15) is 13.2 Å². The van der Waals surface area contributed by atoms with Gasteiger partial charge in [-0.3, -0.25) is 4.79 Å². The Bertz CT molecular complexity index is 604. The third kappa shape index (κ3) is 6.15. The molecule has 124 valence electrons. The van der Waals surface area contributed by atoms with E-state index in [1.54, 1.807) is 12.1 Å². The Kier molecular flexibility index (Phi) is 6.56. The molecule has 22 heavy (non-hydrogen) atoms. The number of hydrogen-bond acceptors (Lipinski definition) is 3. The van der Waals surface area contributed by atoms with Crippen LogP contribution >= 0.6 is 0 Å². The van der Waals surface area contributed by atoms with E-state index < -0.39 is 10.0 Å². The number of carbonyl (C=O) groups is 1. The summed E-state index contributed by atoms with van der Waals surface area (Å²) in [5.41, 5.74) is -0.0314. The van der Waals surface area contributed by atoms with Crippen molar-refractivity contribution >= 4 is 15.9 Å². The van der Waals surface area contributed by atoms with E-state index in [1.807, 2.05) is 20.8 Å². The summed E-state index contributed by atoms with van der Waals surface area (Å²) in [6.45, 7) is 8.10. The van der Waals surface area contributed by atoms with Gasteiger partial charge in [0.05, 0.1) is 4.90 Å². The zero-order valence-corrected chi connectivity index (χ0v) is 14.6. The molecule has 0 unspecified atom stereocenters. The third-order valence-corrected chi connectivity index (χ3v) is 4.43. The van der Waals surface area contributed by atoms with E-state index >= 15 is 0 Å². The highest BCUT2D eigenvalue weighted by molar-refractivity contribution is 7.89. The monoisotopic (exact) mass is 326 g/mol. The Balaban J connectivity index is 2.84. The van der Waals surface area contributed by atoms with Crippen LogP contribution < -0.4 is 10.0 Å². The number of amides is 1. The molecule has 1 amide bonds. The van der Waals surface area contributed by atoms with Gasteiger partial charge >= 0.3 is 0 Å². The lowest BCUT2D eigenvalue weighted by molar-refractivity contribution is 0.0919. The minimum absolute atomic E-state index is 0.116. The highest BCUT2D eigenvalue weighted by Crippen LogP contribution is 2.13. The maximum Gasteiger partial charge on any atom is 0.251 e. The van der Waals surface area contributed by atoms with Gasteiger partial charge in [-0.15, -0.1) is 0 Å². The molecule has 2 N–H and O–H groups in total. The Morgan fingerprint density at radius 1 is 1.18 bits per heavy atom. The average Bonchev–Trinajstić information content (AvgIpc) is 2.42. The van der Waals surface area contributed by atoms with Gasteiger partial charge in [0, 0.05) is 17.6 Å². The van der Waals surface area contributed by atoms with Gasteiger partial charge in [0.15, 0.2) is 0 Å². The van der Waals surface area contributed by atoms with Crippen LogP contribution in [0.25, 0.3) is 0 Å². The van der Waals surface area contributed by atoms with Gasteiger partial charge in [0.25, 0.3) is 5.91 Å². The van der Waals surface area contributed by atoms with Gasteiger partial charge in [-0.25, -0.2) is 13.1 Å². The predicted octanol–water partition coefficient (Wildman–Crippen LogP) is 2.68. The maximum atomic E-state index is 12.2. The number of hydrogen-bond donors (Lipinski definition) is 2. The molecular formula is C16H26N2O3S. The quantitative estimate of drug-likeness (QED) is 0.757. The van der Waals surface area contributed by atoms with E-state index in [0.29, 0.717) is 12.1 Å². The Labute approximate surface area is 133 Å². The molecule has 6 heteroatoms. The largest absolute Gasteiger partial charge is 0.347 e. The van der Waals surface area contributed by atoms with Crippen molar-refractivity contribution in [3.8, 4) is 0 Å². The van der Waals surface area contributed by atoms with Crippen LogP contribution in [0, 0.1) is 0 Å². The van der Waals surface area contributed by atoms with Crippen LogP contribution in [0.1, 0.15) is 57.3 Å². The van der Waals surface area contributed by atoms with Gasteiger partial charge in [0.1, 0.15) is 0 Å². The van der Waals surface area contributed by atoms with E-state index in [2.05, 4.69) is 17.0 Å². The van der Waals surface area contributed by atoms with Crippen LogP contribution in [0.15, 0.2) is 29.2 Å². The lowest BCUT2D eigenvalue weighted by Crippen LogP contribution is -2.40. The lowest BCUT2D eigenvalue weighted by atomic mass is 10.1. The normalized spacial score (nSPS) is 12.2. The molecule has 0 saturated carbocycles. The van der Waals surface area contributed by atoms with Crippen molar-refractivity contribution in [3.05, 3.63) is 29.8 Å². The predicted molar refractivity (Wildman–Crippen MR) is 88.4 cm³/mol. The van der Waals surface area contributed by atoms with Crippen LogP contribution in [0.3, 0.4) is 0 Å². The van der Waals surface area contributed by atoms with E-state index in [4.69, 9.17) is 0 Å². The molecule has 0 spiro atoms. The van der Waals surface area contributed by atoms with Gasteiger partial charge < -0.3 is 5.32 Å². The van der Waals surface area contributed by atoms with Gasteiger partial charge in [-0.05, 0) is 45.4 Å². The van der Waals surface area contributed by atoms with Crippen LogP contribution in [-0.4, -0.2) is 26.4 Å². The number of nitrogens with one attached hydrogen (secondary N) is 2. The second-order valence-corrected chi connectivity index (χ2v) is 8.10. The summed E-state index contributed by atoms with van der Waals surface area (Å²) in [6, 6.07) is 6.09. The summed E-state index contributed by atoms with van der Waals surface area (Å²) in [6.07, 6.45) is 2.82. The molecule has 0 radical (unpaired) electrons. The molecule has 5 nitrogen and oxygen atoms in total. The molecule has 0 bridgehead atoms. The molecule has 0 aliphatic heterocycles. The van der Waals surface area contributed by atoms with Crippen LogP contribution in [0.2, 0.25) is 0 Å². The van der Waals surface area contributed by atoms with E-state index in [1.165, 1.54) is 12.1 Å². The Morgan fingerprint density at radius 2 is 1.86 bits per heavy atom. The number of benzene rings is 1. The molecule has 0 aliphatic carbocycles. The van der Waals surface area contributed by atoms with E-state index in [-0.39, 0.29) is 16.3 Å². The smallest absolute Gasteiger partial charge is 0.251 e. The summed E-state index contributed by atoms with van der Waals surface area (Å²) in [5.74, 6) is -0.282. The summed E-state index contributed by atoms with van der Waals surface area (Å²) >= 11 is 0. The minimum atomic E-state index is -3.57.